The number of carbonyl (C=O) groups excluding carboxylic acids is 1. The van der Waals surface area contributed by atoms with Crippen LogP contribution in [-0.2, 0) is 9.53 Å². The minimum Gasteiger partial charge on any atom is -0.394 e. The summed E-state index contributed by atoms with van der Waals surface area (Å²) in [5.41, 5.74) is 0. The van der Waals surface area contributed by atoms with E-state index in [0.717, 1.165) is 32.5 Å². The molecule has 1 heterocycles. The fourth-order valence-corrected chi connectivity index (χ4v) is 2.12. The number of carbonyl (C=O) groups is 1. The minimum atomic E-state index is 0.0695. The van der Waals surface area contributed by atoms with E-state index in [9.17, 15) is 4.79 Å². The first kappa shape index (κ1) is 15.4. The third-order valence-corrected chi connectivity index (χ3v) is 3.13. The largest absolute Gasteiger partial charge is 0.394 e. The van der Waals surface area contributed by atoms with E-state index in [1.54, 1.807) is 0 Å². The maximum atomic E-state index is 11.9. The molecule has 18 heavy (non-hydrogen) atoms. The number of piperidine rings is 1. The number of rotatable bonds is 7. The van der Waals surface area contributed by atoms with Crippen LogP contribution in [0.4, 0.5) is 0 Å². The summed E-state index contributed by atoms with van der Waals surface area (Å²) < 4.78 is 5.47. The molecule has 2 N–H and O–H groups in total. The molecular weight excluding hydrogens is 232 g/mol. The zero-order valence-electron chi connectivity index (χ0n) is 11.5. The number of nitrogens with zero attached hydrogens (tertiary/aromatic N) is 1. The van der Waals surface area contributed by atoms with E-state index in [4.69, 9.17) is 9.84 Å². The third-order valence-electron chi connectivity index (χ3n) is 3.13. The average molecular weight is 258 g/mol. The molecule has 0 aromatic heterocycles. The molecule has 0 saturated carbocycles. The van der Waals surface area contributed by atoms with Gasteiger partial charge in [-0.05, 0) is 12.8 Å². The predicted molar refractivity (Wildman–Crippen MR) is 70.4 cm³/mol. The number of nitrogens with one attached hydrogen (secondary N) is 1. The topological polar surface area (TPSA) is 61.8 Å². The van der Waals surface area contributed by atoms with Gasteiger partial charge in [0.2, 0.25) is 5.91 Å². The van der Waals surface area contributed by atoms with Gasteiger partial charge < -0.3 is 20.1 Å². The molecule has 1 fully saturated rings. The Labute approximate surface area is 109 Å². The summed E-state index contributed by atoms with van der Waals surface area (Å²) in [6.45, 7) is 6.92. The quantitative estimate of drug-likeness (QED) is 0.693. The van der Waals surface area contributed by atoms with Gasteiger partial charge in [-0.25, -0.2) is 0 Å². The molecule has 5 nitrogen and oxygen atoms in total. The first-order valence-electron chi connectivity index (χ1n) is 6.87. The van der Waals surface area contributed by atoms with E-state index in [1.165, 1.54) is 0 Å². The van der Waals surface area contributed by atoms with Crippen LogP contribution in [-0.4, -0.2) is 60.9 Å². The lowest BCUT2D eigenvalue weighted by molar-refractivity contribution is -0.133. The average Bonchev–Trinajstić information content (AvgIpc) is 2.36. The Balaban J connectivity index is 2.15. The molecule has 0 aromatic carbocycles. The van der Waals surface area contributed by atoms with E-state index in [-0.39, 0.29) is 18.6 Å². The van der Waals surface area contributed by atoms with Crippen LogP contribution in [0, 0.1) is 0 Å². The SMILES string of the molecule is CC(C)NCCC(=O)N1CCC(OCCO)CC1. The summed E-state index contributed by atoms with van der Waals surface area (Å²) in [4.78, 5) is 13.8. The molecular formula is C13H26N2O3. The Morgan fingerprint density at radius 1 is 1.44 bits per heavy atom. The zero-order chi connectivity index (χ0) is 13.4. The van der Waals surface area contributed by atoms with Crippen molar-refractivity contribution in [1.29, 1.82) is 0 Å². The highest BCUT2D eigenvalue weighted by Gasteiger charge is 2.22. The standard InChI is InChI=1S/C13H26N2O3/c1-11(2)14-6-3-13(17)15-7-4-12(5-8-15)18-10-9-16/h11-12,14,16H,3-10H2,1-2H3. The van der Waals surface area contributed by atoms with Crippen LogP contribution in [0.25, 0.3) is 0 Å². The van der Waals surface area contributed by atoms with Crippen molar-refractivity contribution in [1.82, 2.24) is 10.2 Å². The number of aliphatic hydroxyl groups excluding tert-OH is 1. The number of aliphatic hydroxyl groups is 1. The molecule has 0 spiro atoms. The molecule has 1 rings (SSSR count). The van der Waals surface area contributed by atoms with Gasteiger partial charge in [0.1, 0.15) is 0 Å². The number of hydrogen-bond acceptors (Lipinski definition) is 4. The Hall–Kier alpha value is -0.650. The number of likely N-dealkylation sites (tertiary alicyclic amines) is 1. The van der Waals surface area contributed by atoms with Crippen molar-refractivity contribution < 1.29 is 14.6 Å². The van der Waals surface area contributed by atoms with E-state index in [1.807, 2.05) is 4.90 Å². The van der Waals surface area contributed by atoms with Crippen molar-refractivity contribution in [2.45, 2.75) is 45.3 Å². The number of ether oxygens (including phenoxy) is 1. The van der Waals surface area contributed by atoms with Gasteiger partial charge in [-0.3, -0.25) is 4.79 Å². The molecule has 1 amide bonds. The Morgan fingerprint density at radius 2 is 2.11 bits per heavy atom. The normalized spacial score (nSPS) is 17.4. The van der Waals surface area contributed by atoms with Gasteiger partial charge in [-0.15, -0.1) is 0 Å². The van der Waals surface area contributed by atoms with Crippen LogP contribution >= 0.6 is 0 Å². The second-order valence-electron chi connectivity index (χ2n) is 5.03. The molecule has 0 unspecified atom stereocenters. The van der Waals surface area contributed by atoms with Crippen molar-refractivity contribution in [3.05, 3.63) is 0 Å². The van der Waals surface area contributed by atoms with Crippen molar-refractivity contribution in [3.8, 4) is 0 Å². The molecule has 5 heteroatoms. The van der Waals surface area contributed by atoms with Gasteiger partial charge in [0, 0.05) is 32.1 Å². The van der Waals surface area contributed by atoms with Crippen molar-refractivity contribution in [3.63, 3.8) is 0 Å². The van der Waals surface area contributed by atoms with Gasteiger partial charge in [-0.1, -0.05) is 13.8 Å². The maximum Gasteiger partial charge on any atom is 0.223 e. The van der Waals surface area contributed by atoms with Crippen LogP contribution in [0.1, 0.15) is 33.1 Å². The highest BCUT2D eigenvalue weighted by molar-refractivity contribution is 5.76. The molecule has 1 saturated heterocycles. The molecule has 1 aliphatic heterocycles. The summed E-state index contributed by atoms with van der Waals surface area (Å²) in [6, 6.07) is 0.426. The van der Waals surface area contributed by atoms with Crippen molar-refractivity contribution in [2.75, 3.05) is 32.8 Å². The first-order valence-corrected chi connectivity index (χ1v) is 6.87. The summed E-state index contributed by atoms with van der Waals surface area (Å²) in [6.07, 6.45) is 2.53. The van der Waals surface area contributed by atoms with Gasteiger partial charge >= 0.3 is 0 Å². The van der Waals surface area contributed by atoms with Crippen LogP contribution in [0.15, 0.2) is 0 Å². The smallest absolute Gasteiger partial charge is 0.223 e. The number of amides is 1. The highest BCUT2D eigenvalue weighted by Crippen LogP contribution is 2.14. The lowest BCUT2D eigenvalue weighted by Gasteiger charge is -2.32. The summed E-state index contributed by atoms with van der Waals surface area (Å²) in [5, 5.41) is 11.9. The molecule has 106 valence electrons. The molecule has 0 bridgehead atoms. The van der Waals surface area contributed by atoms with Gasteiger partial charge in [0.05, 0.1) is 19.3 Å². The maximum absolute atomic E-state index is 11.9. The van der Waals surface area contributed by atoms with Gasteiger partial charge in [0.15, 0.2) is 0 Å². The molecule has 1 aliphatic rings. The van der Waals surface area contributed by atoms with Crippen LogP contribution in [0.2, 0.25) is 0 Å². The van der Waals surface area contributed by atoms with E-state index in [0.29, 0.717) is 19.1 Å². The first-order chi connectivity index (χ1) is 8.63. The molecule has 0 atom stereocenters. The van der Waals surface area contributed by atoms with Gasteiger partial charge in [-0.2, -0.15) is 0 Å². The van der Waals surface area contributed by atoms with Crippen LogP contribution < -0.4 is 5.32 Å². The fraction of sp³-hybridized carbons (Fsp3) is 0.923. The van der Waals surface area contributed by atoms with Crippen LogP contribution in [0.5, 0.6) is 0 Å². The predicted octanol–water partition coefficient (Wildman–Crippen LogP) is 0.374. The Bertz CT molecular complexity index is 238. The summed E-state index contributed by atoms with van der Waals surface area (Å²) in [7, 11) is 0. The molecule has 0 radical (unpaired) electrons. The van der Waals surface area contributed by atoms with E-state index >= 15 is 0 Å². The summed E-state index contributed by atoms with van der Waals surface area (Å²) in [5.74, 6) is 0.226. The van der Waals surface area contributed by atoms with Crippen LogP contribution in [0.3, 0.4) is 0 Å². The Morgan fingerprint density at radius 3 is 2.67 bits per heavy atom. The highest BCUT2D eigenvalue weighted by atomic mass is 16.5. The Kier molecular flexibility index (Phi) is 7.23. The van der Waals surface area contributed by atoms with Crippen molar-refractivity contribution >= 4 is 5.91 Å². The lowest BCUT2D eigenvalue weighted by atomic mass is 10.1. The molecule has 0 aliphatic carbocycles. The fourth-order valence-electron chi connectivity index (χ4n) is 2.12. The monoisotopic (exact) mass is 258 g/mol. The lowest BCUT2D eigenvalue weighted by Crippen LogP contribution is -2.42. The van der Waals surface area contributed by atoms with Gasteiger partial charge in [0.25, 0.3) is 0 Å². The minimum absolute atomic E-state index is 0.0695. The zero-order valence-corrected chi connectivity index (χ0v) is 11.5. The van der Waals surface area contributed by atoms with Crippen molar-refractivity contribution in [2.24, 2.45) is 0 Å². The number of hydrogen-bond donors (Lipinski definition) is 2. The van der Waals surface area contributed by atoms with E-state index < -0.39 is 0 Å². The second-order valence-corrected chi connectivity index (χ2v) is 5.03. The second kappa shape index (κ2) is 8.45. The molecule has 0 aromatic rings. The summed E-state index contributed by atoms with van der Waals surface area (Å²) >= 11 is 0. The third kappa shape index (κ3) is 5.80. The van der Waals surface area contributed by atoms with E-state index in [2.05, 4.69) is 19.2 Å².